The van der Waals surface area contributed by atoms with Gasteiger partial charge in [-0.25, -0.2) is 8.78 Å². The van der Waals surface area contributed by atoms with E-state index >= 15 is 0 Å². The minimum absolute atomic E-state index is 0.0238. The predicted molar refractivity (Wildman–Crippen MR) is 78.2 cm³/mol. The van der Waals surface area contributed by atoms with E-state index in [1.807, 2.05) is 6.92 Å². The maximum absolute atomic E-state index is 13.8. The zero-order chi connectivity index (χ0) is 15.9. The van der Waals surface area contributed by atoms with Gasteiger partial charge in [-0.3, -0.25) is 4.79 Å². The van der Waals surface area contributed by atoms with Crippen molar-refractivity contribution in [1.29, 1.82) is 0 Å². The average molecular weight is 309 g/mol. The molecule has 2 aliphatic carbocycles. The summed E-state index contributed by atoms with van der Waals surface area (Å²) in [6.45, 7) is 2.04. The molecule has 2 saturated carbocycles. The van der Waals surface area contributed by atoms with Crippen LogP contribution in [0.4, 0.5) is 8.78 Å². The summed E-state index contributed by atoms with van der Waals surface area (Å²) in [6.07, 6.45) is 3.35. The lowest BCUT2D eigenvalue weighted by atomic mass is 9.85. The summed E-state index contributed by atoms with van der Waals surface area (Å²) in [5, 5.41) is 12.5. The normalized spacial score (nSPS) is 33.7. The van der Waals surface area contributed by atoms with Gasteiger partial charge in [0, 0.05) is 23.4 Å². The number of carbonyl (C=O) groups excluding carboxylic acids is 1. The number of halogens is 2. The Morgan fingerprint density at radius 1 is 1.45 bits per heavy atom. The molecule has 5 heteroatoms. The zero-order valence-electron chi connectivity index (χ0n) is 12.6. The summed E-state index contributed by atoms with van der Waals surface area (Å²) < 4.78 is 26.7. The van der Waals surface area contributed by atoms with Crippen molar-refractivity contribution in [2.75, 3.05) is 6.61 Å². The lowest BCUT2D eigenvalue weighted by molar-refractivity contribution is -0.124. The lowest BCUT2D eigenvalue weighted by Crippen LogP contribution is -2.45. The molecule has 2 fully saturated rings. The van der Waals surface area contributed by atoms with E-state index in [0.717, 1.165) is 25.3 Å². The molecular weight excluding hydrogens is 288 g/mol. The first-order valence-corrected chi connectivity index (χ1v) is 7.81. The molecule has 0 saturated heterocycles. The summed E-state index contributed by atoms with van der Waals surface area (Å²) >= 11 is 0. The van der Waals surface area contributed by atoms with Gasteiger partial charge in [-0.1, -0.05) is 19.4 Å². The van der Waals surface area contributed by atoms with Gasteiger partial charge < -0.3 is 10.4 Å². The number of hydrogen-bond acceptors (Lipinski definition) is 2. The molecule has 1 aromatic rings. The van der Waals surface area contributed by atoms with Gasteiger partial charge in [0.2, 0.25) is 5.91 Å². The molecule has 2 aliphatic rings. The number of aliphatic hydroxyl groups is 1. The van der Waals surface area contributed by atoms with Crippen LogP contribution in [0.5, 0.6) is 0 Å². The van der Waals surface area contributed by atoms with E-state index in [-0.39, 0.29) is 35.8 Å². The van der Waals surface area contributed by atoms with Crippen LogP contribution in [0.2, 0.25) is 0 Å². The van der Waals surface area contributed by atoms with Gasteiger partial charge in [-0.2, -0.15) is 0 Å². The van der Waals surface area contributed by atoms with Crippen LogP contribution in [0.25, 0.3) is 0 Å². The van der Waals surface area contributed by atoms with E-state index in [1.54, 1.807) is 0 Å². The average Bonchev–Trinajstić information content (AvgIpc) is 3.18. The molecular formula is C17H21F2NO2. The zero-order valence-corrected chi connectivity index (χ0v) is 12.6. The Bertz CT molecular complexity index is 592. The van der Waals surface area contributed by atoms with Gasteiger partial charge >= 0.3 is 0 Å². The molecule has 0 heterocycles. The third kappa shape index (κ3) is 2.74. The first-order valence-electron chi connectivity index (χ1n) is 7.81. The van der Waals surface area contributed by atoms with Crippen molar-refractivity contribution in [1.82, 2.24) is 5.32 Å². The molecule has 0 radical (unpaired) electrons. The van der Waals surface area contributed by atoms with E-state index in [4.69, 9.17) is 0 Å². The highest BCUT2D eigenvalue weighted by Crippen LogP contribution is 2.49. The first-order chi connectivity index (χ1) is 10.4. The quantitative estimate of drug-likeness (QED) is 0.898. The second-order valence-corrected chi connectivity index (χ2v) is 6.88. The van der Waals surface area contributed by atoms with Gasteiger partial charge in [0.25, 0.3) is 0 Å². The van der Waals surface area contributed by atoms with Crippen molar-refractivity contribution in [2.24, 2.45) is 11.3 Å². The van der Waals surface area contributed by atoms with Crippen molar-refractivity contribution >= 4 is 5.91 Å². The SMILES string of the molecule is CC1(CO)CCCC1NC(=O)C1CC1c1ccc(F)cc1F. The molecule has 120 valence electrons. The second kappa shape index (κ2) is 5.61. The van der Waals surface area contributed by atoms with Crippen LogP contribution in [0, 0.1) is 23.0 Å². The number of aliphatic hydroxyl groups excluding tert-OH is 1. The largest absolute Gasteiger partial charge is 0.396 e. The summed E-state index contributed by atoms with van der Waals surface area (Å²) in [5.41, 5.74) is 0.152. The maximum Gasteiger partial charge on any atom is 0.223 e. The molecule has 3 nitrogen and oxygen atoms in total. The Hall–Kier alpha value is -1.49. The Balaban J connectivity index is 1.63. The highest BCUT2D eigenvalue weighted by molar-refractivity contribution is 5.83. The van der Waals surface area contributed by atoms with Gasteiger partial charge in [-0.05, 0) is 36.8 Å². The molecule has 0 bridgehead atoms. The maximum atomic E-state index is 13.8. The molecule has 4 unspecified atom stereocenters. The number of amides is 1. The van der Waals surface area contributed by atoms with Crippen LogP contribution >= 0.6 is 0 Å². The third-order valence-electron chi connectivity index (χ3n) is 5.25. The number of rotatable bonds is 4. The third-order valence-corrected chi connectivity index (χ3v) is 5.25. The molecule has 1 aromatic carbocycles. The minimum atomic E-state index is -0.604. The van der Waals surface area contributed by atoms with Crippen LogP contribution in [0.1, 0.15) is 44.1 Å². The van der Waals surface area contributed by atoms with E-state index in [2.05, 4.69) is 5.32 Å². The van der Waals surface area contributed by atoms with E-state index in [0.29, 0.717) is 12.0 Å². The predicted octanol–water partition coefficient (Wildman–Crippen LogP) is 2.74. The first kappa shape index (κ1) is 15.4. The molecule has 0 spiro atoms. The minimum Gasteiger partial charge on any atom is -0.396 e. The summed E-state index contributed by atoms with van der Waals surface area (Å²) in [6, 6.07) is 3.49. The van der Waals surface area contributed by atoms with E-state index in [9.17, 15) is 18.7 Å². The van der Waals surface area contributed by atoms with Crippen molar-refractivity contribution in [3.8, 4) is 0 Å². The highest BCUT2D eigenvalue weighted by Gasteiger charge is 2.47. The summed E-state index contributed by atoms with van der Waals surface area (Å²) in [7, 11) is 0. The Labute approximate surface area is 128 Å². The fourth-order valence-corrected chi connectivity index (χ4v) is 3.58. The standard InChI is InChI=1S/C17H21F2NO2/c1-17(9-21)6-2-3-15(17)20-16(22)13-8-12(13)11-5-4-10(18)7-14(11)19/h4-5,7,12-13,15,21H,2-3,6,8-9H2,1H3,(H,20,22). The molecule has 2 N–H and O–H groups in total. The van der Waals surface area contributed by atoms with Crippen molar-refractivity contribution in [3.63, 3.8) is 0 Å². The second-order valence-electron chi connectivity index (χ2n) is 6.88. The molecule has 4 atom stereocenters. The van der Waals surface area contributed by atoms with Crippen LogP contribution in [0.15, 0.2) is 18.2 Å². The summed E-state index contributed by atoms with van der Waals surface area (Å²) in [4.78, 5) is 12.3. The smallest absolute Gasteiger partial charge is 0.223 e. The Kier molecular flexibility index (Phi) is 3.93. The Morgan fingerprint density at radius 3 is 2.91 bits per heavy atom. The van der Waals surface area contributed by atoms with Crippen molar-refractivity contribution in [2.45, 2.75) is 44.6 Å². The monoisotopic (exact) mass is 309 g/mol. The number of nitrogens with one attached hydrogen (secondary N) is 1. The van der Waals surface area contributed by atoms with Crippen LogP contribution < -0.4 is 5.32 Å². The topological polar surface area (TPSA) is 49.3 Å². The van der Waals surface area contributed by atoms with Gasteiger partial charge in [0.05, 0.1) is 6.61 Å². The lowest BCUT2D eigenvalue weighted by Gasteiger charge is -2.30. The summed E-state index contributed by atoms with van der Waals surface area (Å²) in [5.74, 6) is -1.68. The highest BCUT2D eigenvalue weighted by atomic mass is 19.1. The van der Waals surface area contributed by atoms with Gasteiger partial charge in [-0.15, -0.1) is 0 Å². The van der Waals surface area contributed by atoms with Crippen molar-refractivity contribution in [3.05, 3.63) is 35.4 Å². The Morgan fingerprint density at radius 2 is 2.23 bits per heavy atom. The molecule has 3 rings (SSSR count). The van der Waals surface area contributed by atoms with Gasteiger partial charge in [0.1, 0.15) is 11.6 Å². The number of benzene rings is 1. The molecule has 0 aromatic heterocycles. The van der Waals surface area contributed by atoms with Crippen LogP contribution in [-0.2, 0) is 4.79 Å². The van der Waals surface area contributed by atoms with E-state index < -0.39 is 11.6 Å². The molecule has 22 heavy (non-hydrogen) atoms. The van der Waals surface area contributed by atoms with Crippen molar-refractivity contribution < 1.29 is 18.7 Å². The fourth-order valence-electron chi connectivity index (χ4n) is 3.58. The van der Waals surface area contributed by atoms with E-state index in [1.165, 1.54) is 12.1 Å². The number of carbonyl (C=O) groups is 1. The fraction of sp³-hybridized carbons (Fsp3) is 0.588. The number of hydrogen-bond donors (Lipinski definition) is 2. The molecule has 1 amide bonds. The van der Waals surface area contributed by atoms with Crippen LogP contribution in [-0.4, -0.2) is 23.7 Å². The molecule has 0 aliphatic heterocycles. The van der Waals surface area contributed by atoms with Gasteiger partial charge in [0.15, 0.2) is 0 Å². The van der Waals surface area contributed by atoms with Crippen LogP contribution in [0.3, 0.4) is 0 Å².